The molecule has 24 heavy (non-hydrogen) atoms. The zero-order valence-electron chi connectivity index (χ0n) is 14.5. The van der Waals surface area contributed by atoms with Gasteiger partial charge in [-0.2, -0.15) is 0 Å². The van der Waals surface area contributed by atoms with Crippen LogP contribution < -0.4 is 4.90 Å². The number of aryl methyl sites for hydroxylation is 2. The van der Waals surface area contributed by atoms with Gasteiger partial charge in [0.25, 0.3) is 0 Å². The van der Waals surface area contributed by atoms with Crippen molar-refractivity contribution in [1.82, 2.24) is 4.90 Å². The Bertz CT molecular complexity index is 688. The van der Waals surface area contributed by atoms with Gasteiger partial charge in [0.05, 0.1) is 0 Å². The second-order valence-electron chi connectivity index (χ2n) is 6.46. The molecule has 125 valence electrons. The molecule has 0 unspecified atom stereocenters. The summed E-state index contributed by atoms with van der Waals surface area (Å²) in [5.74, 6) is 0.221. The third kappa shape index (κ3) is 3.97. The van der Waals surface area contributed by atoms with Crippen LogP contribution in [-0.2, 0) is 4.79 Å². The molecule has 0 saturated carbocycles. The highest BCUT2D eigenvalue weighted by molar-refractivity contribution is 5.78. The Morgan fingerprint density at radius 3 is 2.33 bits per heavy atom. The predicted molar refractivity (Wildman–Crippen MR) is 99.2 cm³/mol. The second kappa shape index (κ2) is 7.52. The number of hydrogen-bond acceptors (Lipinski definition) is 2. The Hall–Kier alpha value is -2.29. The van der Waals surface area contributed by atoms with Gasteiger partial charge in [-0.3, -0.25) is 4.79 Å². The number of rotatable bonds is 4. The minimum Gasteiger partial charge on any atom is -0.368 e. The number of hydrogen-bond donors (Lipinski definition) is 0. The largest absolute Gasteiger partial charge is 0.368 e. The van der Waals surface area contributed by atoms with Gasteiger partial charge in [0.1, 0.15) is 0 Å². The van der Waals surface area contributed by atoms with Crippen molar-refractivity contribution in [3.8, 4) is 0 Å². The molecule has 1 fully saturated rings. The third-order valence-corrected chi connectivity index (χ3v) is 4.80. The molecule has 3 nitrogen and oxygen atoms in total. The molecule has 2 aromatic rings. The molecule has 1 amide bonds. The third-order valence-electron chi connectivity index (χ3n) is 4.80. The Labute approximate surface area is 144 Å². The standard InChI is InChI=1S/C21H25N2O/c1-17-8-10-20(16-18(17)2)22-12-14-23(15-13-22)21(24)11-9-19-6-4-3-5-7-19/h3-10,16H,11-15H2,1-2H3. The van der Waals surface area contributed by atoms with E-state index in [1.165, 1.54) is 16.8 Å². The summed E-state index contributed by atoms with van der Waals surface area (Å²) in [5, 5.41) is 0. The van der Waals surface area contributed by atoms with Crippen LogP contribution in [0.1, 0.15) is 23.1 Å². The maximum absolute atomic E-state index is 12.4. The van der Waals surface area contributed by atoms with Gasteiger partial charge in [-0.05, 0) is 49.1 Å². The summed E-state index contributed by atoms with van der Waals surface area (Å²) in [4.78, 5) is 16.7. The Morgan fingerprint density at radius 2 is 1.67 bits per heavy atom. The molecule has 0 aromatic heterocycles. The van der Waals surface area contributed by atoms with Gasteiger partial charge in [0.2, 0.25) is 5.91 Å². The van der Waals surface area contributed by atoms with Crippen molar-refractivity contribution in [1.29, 1.82) is 0 Å². The first-order valence-electron chi connectivity index (χ1n) is 8.62. The molecule has 1 aliphatic rings. The van der Waals surface area contributed by atoms with E-state index < -0.39 is 0 Å². The van der Waals surface area contributed by atoms with Gasteiger partial charge < -0.3 is 9.80 Å². The van der Waals surface area contributed by atoms with Crippen LogP contribution in [0, 0.1) is 20.3 Å². The highest BCUT2D eigenvalue weighted by atomic mass is 16.2. The first kappa shape index (κ1) is 16.6. The van der Waals surface area contributed by atoms with Gasteiger partial charge in [-0.1, -0.05) is 36.4 Å². The van der Waals surface area contributed by atoms with E-state index in [1.807, 2.05) is 41.7 Å². The fourth-order valence-electron chi connectivity index (χ4n) is 3.06. The first-order valence-corrected chi connectivity index (χ1v) is 8.62. The highest BCUT2D eigenvalue weighted by Crippen LogP contribution is 2.20. The minimum atomic E-state index is 0.221. The van der Waals surface area contributed by atoms with Crippen LogP contribution in [0.15, 0.2) is 48.5 Å². The van der Waals surface area contributed by atoms with Gasteiger partial charge in [-0.15, -0.1) is 0 Å². The van der Waals surface area contributed by atoms with Gasteiger partial charge in [0, 0.05) is 38.3 Å². The van der Waals surface area contributed by atoms with Crippen molar-refractivity contribution in [3.05, 3.63) is 71.6 Å². The zero-order chi connectivity index (χ0) is 16.9. The fraction of sp³-hybridized carbons (Fsp3) is 0.333. The molecule has 3 heteroatoms. The van der Waals surface area contributed by atoms with Crippen LogP contribution >= 0.6 is 0 Å². The van der Waals surface area contributed by atoms with Crippen LogP contribution in [0.2, 0.25) is 0 Å². The number of nitrogens with zero attached hydrogens (tertiary/aromatic N) is 2. The first-order chi connectivity index (χ1) is 11.6. The smallest absolute Gasteiger partial charge is 0.223 e. The van der Waals surface area contributed by atoms with Crippen LogP contribution in [0.25, 0.3) is 0 Å². The number of carbonyl (C=O) groups excluding carboxylic acids is 1. The lowest BCUT2D eigenvalue weighted by atomic mass is 10.1. The summed E-state index contributed by atoms with van der Waals surface area (Å²) >= 11 is 0. The van der Waals surface area contributed by atoms with Crippen molar-refractivity contribution >= 4 is 11.6 Å². The van der Waals surface area contributed by atoms with E-state index >= 15 is 0 Å². The van der Waals surface area contributed by atoms with Gasteiger partial charge >= 0.3 is 0 Å². The lowest BCUT2D eigenvalue weighted by Crippen LogP contribution is -2.48. The van der Waals surface area contributed by atoms with E-state index in [0.717, 1.165) is 31.7 Å². The maximum Gasteiger partial charge on any atom is 0.223 e. The number of carbonyl (C=O) groups is 1. The second-order valence-corrected chi connectivity index (χ2v) is 6.46. The normalized spacial score (nSPS) is 14.8. The summed E-state index contributed by atoms with van der Waals surface area (Å²) in [6.45, 7) is 7.69. The summed E-state index contributed by atoms with van der Waals surface area (Å²) in [7, 11) is 0. The SMILES string of the molecule is Cc1ccc(N2CCN(C(=O)C[CH]c3ccccc3)CC2)cc1C. The minimum absolute atomic E-state index is 0.221. The average Bonchev–Trinajstić information content (AvgIpc) is 2.63. The van der Waals surface area contributed by atoms with E-state index in [2.05, 4.69) is 36.9 Å². The van der Waals surface area contributed by atoms with Crippen molar-refractivity contribution in [3.63, 3.8) is 0 Å². The van der Waals surface area contributed by atoms with Crippen LogP contribution in [0.4, 0.5) is 5.69 Å². The molecule has 1 saturated heterocycles. The molecular formula is C21H25N2O. The maximum atomic E-state index is 12.4. The summed E-state index contributed by atoms with van der Waals surface area (Å²) < 4.78 is 0. The number of amides is 1. The molecular weight excluding hydrogens is 296 g/mol. The molecule has 1 aliphatic heterocycles. The van der Waals surface area contributed by atoms with Crippen molar-refractivity contribution < 1.29 is 4.79 Å². The molecule has 2 aromatic carbocycles. The van der Waals surface area contributed by atoms with Crippen LogP contribution in [-0.4, -0.2) is 37.0 Å². The molecule has 1 heterocycles. The van der Waals surface area contributed by atoms with Crippen LogP contribution in [0.5, 0.6) is 0 Å². The molecule has 3 rings (SSSR count). The topological polar surface area (TPSA) is 23.6 Å². The van der Waals surface area contributed by atoms with Crippen molar-refractivity contribution in [2.24, 2.45) is 0 Å². The van der Waals surface area contributed by atoms with E-state index in [9.17, 15) is 4.79 Å². The quantitative estimate of drug-likeness (QED) is 0.859. The highest BCUT2D eigenvalue weighted by Gasteiger charge is 2.21. The zero-order valence-corrected chi connectivity index (χ0v) is 14.5. The van der Waals surface area contributed by atoms with Gasteiger partial charge in [0.15, 0.2) is 0 Å². The van der Waals surface area contributed by atoms with Crippen molar-refractivity contribution in [2.45, 2.75) is 20.3 Å². The molecule has 1 radical (unpaired) electrons. The summed E-state index contributed by atoms with van der Waals surface area (Å²) in [6, 6.07) is 16.7. The Morgan fingerprint density at radius 1 is 0.958 bits per heavy atom. The van der Waals surface area contributed by atoms with Crippen molar-refractivity contribution in [2.75, 3.05) is 31.1 Å². The van der Waals surface area contributed by atoms with E-state index in [-0.39, 0.29) is 5.91 Å². The number of piperazine rings is 1. The lowest BCUT2D eigenvalue weighted by molar-refractivity contribution is -0.130. The Balaban J connectivity index is 1.51. The molecule has 0 atom stereocenters. The number of benzene rings is 2. The average molecular weight is 321 g/mol. The summed E-state index contributed by atoms with van der Waals surface area (Å²) in [5.41, 5.74) is 5.02. The molecule has 0 aliphatic carbocycles. The van der Waals surface area contributed by atoms with Gasteiger partial charge in [-0.25, -0.2) is 0 Å². The molecule has 0 bridgehead atoms. The molecule has 0 N–H and O–H groups in total. The van der Waals surface area contributed by atoms with E-state index in [0.29, 0.717) is 6.42 Å². The fourth-order valence-corrected chi connectivity index (χ4v) is 3.06. The van der Waals surface area contributed by atoms with E-state index in [1.54, 1.807) is 0 Å². The van der Waals surface area contributed by atoms with Crippen LogP contribution in [0.3, 0.4) is 0 Å². The number of anilines is 1. The van der Waals surface area contributed by atoms with E-state index in [4.69, 9.17) is 0 Å². The predicted octanol–water partition coefficient (Wildman–Crippen LogP) is 3.59. The Kier molecular flexibility index (Phi) is 5.19. The molecule has 0 spiro atoms. The monoisotopic (exact) mass is 321 g/mol. The summed E-state index contributed by atoms with van der Waals surface area (Å²) in [6.07, 6.45) is 2.49. The lowest BCUT2D eigenvalue weighted by Gasteiger charge is -2.36.